The van der Waals surface area contributed by atoms with Crippen LogP contribution in [0.3, 0.4) is 0 Å². The van der Waals surface area contributed by atoms with Crippen LogP contribution in [0.2, 0.25) is 0 Å². The Hall–Kier alpha value is -1.77. The lowest BCUT2D eigenvalue weighted by Gasteiger charge is -2.10. The van der Waals surface area contributed by atoms with E-state index < -0.39 is 0 Å². The number of hydrogen-bond donors (Lipinski definition) is 0. The third-order valence-electron chi connectivity index (χ3n) is 3.35. The van der Waals surface area contributed by atoms with E-state index in [1.54, 1.807) is 6.20 Å². The van der Waals surface area contributed by atoms with Gasteiger partial charge in [-0.05, 0) is 30.0 Å². The Morgan fingerprint density at radius 2 is 2.00 bits per heavy atom. The zero-order valence-corrected chi connectivity index (χ0v) is 11.3. The van der Waals surface area contributed by atoms with E-state index in [1.165, 1.54) is 5.56 Å². The van der Waals surface area contributed by atoms with Gasteiger partial charge >= 0.3 is 0 Å². The van der Waals surface area contributed by atoms with E-state index in [9.17, 15) is 0 Å². The molecule has 18 heavy (non-hydrogen) atoms. The van der Waals surface area contributed by atoms with Gasteiger partial charge in [0.25, 0.3) is 0 Å². The van der Waals surface area contributed by atoms with E-state index in [-0.39, 0.29) is 0 Å². The van der Waals surface area contributed by atoms with Crippen LogP contribution in [0.1, 0.15) is 37.6 Å². The molecule has 3 heteroatoms. The number of aryl methyl sites for hydroxylation is 1. The highest BCUT2D eigenvalue weighted by Crippen LogP contribution is 2.21. The van der Waals surface area contributed by atoms with Gasteiger partial charge in [-0.3, -0.25) is 0 Å². The Morgan fingerprint density at radius 1 is 1.28 bits per heavy atom. The molecule has 2 rings (SSSR count). The Morgan fingerprint density at radius 3 is 2.56 bits per heavy atom. The third kappa shape index (κ3) is 2.92. The van der Waals surface area contributed by atoms with Crippen LogP contribution in [0.15, 0.2) is 36.7 Å². The smallest absolute Gasteiger partial charge is 0.146 e. The van der Waals surface area contributed by atoms with Gasteiger partial charge in [-0.25, -0.2) is 4.98 Å². The summed E-state index contributed by atoms with van der Waals surface area (Å²) in [6.45, 7) is 4.95. The Bertz CT molecular complexity index is 487. The average Bonchev–Trinajstić information content (AvgIpc) is 2.81. The number of aromatic nitrogens is 2. The Labute approximate surface area is 108 Å². The molecule has 1 unspecified atom stereocenters. The van der Waals surface area contributed by atoms with E-state index in [4.69, 9.17) is 4.74 Å². The van der Waals surface area contributed by atoms with E-state index >= 15 is 0 Å². The average molecular weight is 244 g/mol. The van der Waals surface area contributed by atoms with E-state index in [1.807, 2.05) is 29.9 Å². The Balaban J connectivity index is 1.96. The first-order chi connectivity index (χ1) is 8.70. The molecular formula is C15H20N2O. The van der Waals surface area contributed by atoms with Gasteiger partial charge in [-0.1, -0.05) is 26.0 Å². The molecule has 0 spiro atoms. The van der Waals surface area contributed by atoms with Crippen LogP contribution in [0.5, 0.6) is 5.75 Å². The van der Waals surface area contributed by atoms with Crippen molar-refractivity contribution in [1.82, 2.24) is 9.55 Å². The molecule has 0 saturated carbocycles. The van der Waals surface area contributed by atoms with Crippen LogP contribution in [0.25, 0.3) is 0 Å². The first-order valence-corrected chi connectivity index (χ1v) is 6.39. The van der Waals surface area contributed by atoms with E-state index in [2.05, 4.69) is 31.0 Å². The molecule has 3 nitrogen and oxygen atoms in total. The third-order valence-corrected chi connectivity index (χ3v) is 3.35. The molecule has 0 fully saturated rings. The fourth-order valence-corrected chi connectivity index (χ4v) is 1.81. The van der Waals surface area contributed by atoms with Gasteiger partial charge in [-0.2, -0.15) is 0 Å². The first kappa shape index (κ1) is 12.7. The molecule has 1 aromatic carbocycles. The topological polar surface area (TPSA) is 27.1 Å². The molecule has 1 aromatic heterocycles. The molecule has 0 saturated heterocycles. The van der Waals surface area contributed by atoms with Crippen molar-refractivity contribution in [3.63, 3.8) is 0 Å². The minimum absolute atomic E-state index is 0.506. The fraction of sp³-hybridized carbons (Fsp3) is 0.400. The van der Waals surface area contributed by atoms with Crippen molar-refractivity contribution in [2.75, 3.05) is 0 Å². The lowest BCUT2D eigenvalue weighted by atomic mass is 9.99. The van der Waals surface area contributed by atoms with Gasteiger partial charge in [-0.15, -0.1) is 0 Å². The molecule has 1 atom stereocenters. The van der Waals surface area contributed by atoms with E-state index in [0.717, 1.165) is 18.0 Å². The number of hydrogen-bond acceptors (Lipinski definition) is 2. The highest BCUT2D eigenvalue weighted by molar-refractivity contribution is 5.29. The van der Waals surface area contributed by atoms with E-state index in [0.29, 0.717) is 12.5 Å². The molecule has 0 aliphatic rings. The second-order valence-electron chi connectivity index (χ2n) is 4.62. The minimum atomic E-state index is 0.506. The predicted octanol–water partition coefficient (Wildman–Crippen LogP) is 3.51. The SMILES string of the molecule is CCC(C)c1ccc(OCc2nccn2C)cc1. The van der Waals surface area contributed by atoms with Crippen molar-refractivity contribution >= 4 is 0 Å². The summed E-state index contributed by atoms with van der Waals surface area (Å²) in [6.07, 6.45) is 4.86. The highest BCUT2D eigenvalue weighted by atomic mass is 16.5. The summed E-state index contributed by atoms with van der Waals surface area (Å²) in [7, 11) is 1.97. The van der Waals surface area contributed by atoms with Gasteiger partial charge in [0, 0.05) is 19.4 Å². The lowest BCUT2D eigenvalue weighted by Crippen LogP contribution is -2.03. The fourth-order valence-electron chi connectivity index (χ4n) is 1.81. The maximum Gasteiger partial charge on any atom is 0.146 e. The Kier molecular flexibility index (Phi) is 4.03. The maximum absolute atomic E-state index is 5.72. The van der Waals surface area contributed by atoms with Gasteiger partial charge < -0.3 is 9.30 Å². The molecule has 0 aliphatic heterocycles. The predicted molar refractivity (Wildman–Crippen MR) is 72.7 cm³/mol. The van der Waals surface area contributed by atoms with Gasteiger partial charge in [0.15, 0.2) is 0 Å². The number of rotatable bonds is 5. The van der Waals surface area contributed by atoms with Crippen molar-refractivity contribution in [3.8, 4) is 5.75 Å². The normalized spacial score (nSPS) is 12.4. The van der Waals surface area contributed by atoms with Gasteiger partial charge in [0.2, 0.25) is 0 Å². The van der Waals surface area contributed by atoms with Crippen molar-refractivity contribution in [2.45, 2.75) is 32.8 Å². The summed E-state index contributed by atoms with van der Waals surface area (Å²) in [5.74, 6) is 2.43. The zero-order valence-electron chi connectivity index (χ0n) is 11.3. The molecule has 1 heterocycles. The molecule has 0 N–H and O–H groups in total. The van der Waals surface area contributed by atoms with Crippen LogP contribution in [0, 0.1) is 0 Å². The summed E-state index contributed by atoms with van der Waals surface area (Å²) < 4.78 is 7.68. The quantitative estimate of drug-likeness (QED) is 0.804. The first-order valence-electron chi connectivity index (χ1n) is 6.39. The van der Waals surface area contributed by atoms with Crippen molar-refractivity contribution in [1.29, 1.82) is 0 Å². The highest BCUT2D eigenvalue weighted by Gasteiger charge is 2.04. The maximum atomic E-state index is 5.72. The van der Waals surface area contributed by atoms with Crippen LogP contribution in [0.4, 0.5) is 0 Å². The van der Waals surface area contributed by atoms with Crippen molar-refractivity contribution in [3.05, 3.63) is 48.0 Å². The minimum Gasteiger partial charge on any atom is -0.486 e. The molecule has 2 aromatic rings. The second-order valence-corrected chi connectivity index (χ2v) is 4.62. The molecule has 0 aliphatic carbocycles. The largest absolute Gasteiger partial charge is 0.486 e. The number of imidazole rings is 1. The second kappa shape index (κ2) is 5.71. The number of benzene rings is 1. The lowest BCUT2D eigenvalue weighted by molar-refractivity contribution is 0.291. The summed E-state index contributed by atoms with van der Waals surface area (Å²) in [5.41, 5.74) is 1.36. The summed E-state index contributed by atoms with van der Waals surface area (Å²) >= 11 is 0. The molecule has 0 bridgehead atoms. The van der Waals surface area contributed by atoms with Crippen molar-refractivity contribution in [2.24, 2.45) is 7.05 Å². The summed E-state index contributed by atoms with van der Waals surface area (Å²) in [5, 5.41) is 0. The van der Waals surface area contributed by atoms with Crippen LogP contribution in [-0.2, 0) is 13.7 Å². The summed E-state index contributed by atoms with van der Waals surface area (Å²) in [4.78, 5) is 4.23. The standard InChI is InChI=1S/C15H20N2O/c1-4-12(2)13-5-7-14(8-6-13)18-11-15-16-9-10-17(15)3/h5-10,12H,4,11H2,1-3H3. The van der Waals surface area contributed by atoms with Crippen LogP contribution < -0.4 is 4.74 Å². The molecule has 96 valence electrons. The van der Waals surface area contributed by atoms with Gasteiger partial charge in [0.1, 0.15) is 18.2 Å². The van der Waals surface area contributed by atoms with Crippen LogP contribution in [-0.4, -0.2) is 9.55 Å². The number of nitrogens with zero attached hydrogens (tertiary/aromatic N) is 2. The zero-order chi connectivity index (χ0) is 13.0. The van der Waals surface area contributed by atoms with Crippen LogP contribution >= 0.6 is 0 Å². The summed E-state index contributed by atoms with van der Waals surface area (Å²) in [6, 6.07) is 8.35. The number of ether oxygens (including phenoxy) is 1. The molecule has 0 radical (unpaired) electrons. The van der Waals surface area contributed by atoms with Crippen molar-refractivity contribution < 1.29 is 4.74 Å². The molecular weight excluding hydrogens is 224 g/mol. The molecule has 0 amide bonds. The van der Waals surface area contributed by atoms with Gasteiger partial charge in [0.05, 0.1) is 0 Å². The monoisotopic (exact) mass is 244 g/mol.